The maximum absolute atomic E-state index is 9.77. The van der Waals surface area contributed by atoms with Gasteiger partial charge in [-0.25, -0.2) is 0 Å². The van der Waals surface area contributed by atoms with Crippen LogP contribution in [0.1, 0.15) is 18.9 Å². The summed E-state index contributed by atoms with van der Waals surface area (Å²) >= 11 is 3.41. The molecule has 94 valence electrons. The van der Waals surface area contributed by atoms with Gasteiger partial charge in [0.05, 0.1) is 6.10 Å². The minimum Gasteiger partial charge on any atom is -0.508 e. The monoisotopic (exact) mass is 299 g/mol. The van der Waals surface area contributed by atoms with Crippen LogP contribution in [0.25, 0.3) is 0 Å². The summed E-state index contributed by atoms with van der Waals surface area (Å²) < 4.78 is 0.983. The summed E-state index contributed by atoms with van der Waals surface area (Å²) in [6.07, 6.45) is 0.794. The third-order valence-electron chi connectivity index (χ3n) is 3.43. The van der Waals surface area contributed by atoms with Crippen LogP contribution in [0.5, 0.6) is 5.75 Å². The van der Waals surface area contributed by atoms with Gasteiger partial charge in [0.1, 0.15) is 5.75 Å². The number of halogens is 1. The molecule has 17 heavy (non-hydrogen) atoms. The fraction of sp³-hybridized carbons (Fsp3) is 0.538. The summed E-state index contributed by atoms with van der Waals surface area (Å²) in [7, 11) is 0. The normalized spacial score (nSPS) is 22.9. The lowest BCUT2D eigenvalue weighted by atomic mass is 10.0. The molecule has 0 amide bonds. The Morgan fingerprint density at radius 3 is 2.94 bits per heavy atom. The van der Waals surface area contributed by atoms with E-state index in [4.69, 9.17) is 0 Å². The van der Waals surface area contributed by atoms with Gasteiger partial charge in [-0.3, -0.25) is 4.90 Å². The number of phenolic OH excluding ortho intramolecular Hbond substituents is 1. The SMILES string of the molecule is CC(O)C1CCN(Cc2cc(Br)ccc2O)C1. The van der Waals surface area contributed by atoms with E-state index in [2.05, 4.69) is 20.8 Å². The van der Waals surface area contributed by atoms with E-state index < -0.39 is 0 Å². The second-order valence-corrected chi connectivity index (χ2v) is 5.71. The predicted octanol–water partition coefficient (Wildman–Crippen LogP) is 2.36. The van der Waals surface area contributed by atoms with E-state index in [1.54, 1.807) is 6.07 Å². The minimum atomic E-state index is -0.240. The molecule has 2 N–H and O–H groups in total. The predicted molar refractivity (Wildman–Crippen MR) is 70.9 cm³/mol. The molecular formula is C13H18BrNO2. The zero-order valence-corrected chi connectivity index (χ0v) is 11.5. The summed E-state index contributed by atoms with van der Waals surface area (Å²) in [5.41, 5.74) is 0.936. The molecule has 3 nitrogen and oxygen atoms in total. The number of phenols is 1. The highest BCUT2D eigenvalue weighted by atomic mass is 79.9. The Morgan fingerprint density at radius 1 is 1.53 bits per heavy atom. The lowest BCUT2D eigenvalue weighted by Gasteiger charge is -2.18. The van der Waals surface area contributed by atoms with Crippen molar-refractivity contribution in [1.29, 1.82) is 0 Å². The van der Waals surface area contributed by atoms with Crippen LogP contribution in [0.4, 0.5) is 0 Å². The van der Waals surface area contributed by atoms with Crippen molar-refractivity contribution in [2.24, 2.45) is 5.92 Å². The summed E-state index contributed by atoms with van der Waals surface area (Å²) in [5, 5.41) is 19.3. The lowest BCUT2D eigenvalue weighted by molar-refractivity contribution is 0.127. The minimum absolute atomic E-state index is 0.240. The topological polar surface area (TPSA) is 43.7 Å². The van der Waals surface area contributed by atoms with Crippen molar-refractivity contribution in [2.75, 3.05) is 13.1 Å². The van der Waals surface area contributed by atoms with Crippen molar-refractivity contribution in [3.63, 3.8) is 0 Å². The standard InChI is InChI=1S/C13H18BrNO2/c1-9(16)10-4-5-15(7-10)8-11-6-12(14)2-3-13(11)17/h2-3,6,9-10,16-17H,4-5,7-8H2,1H3. The summed E-state index contributed by atoms with van der Waals surface area (Å²) in [6.45, 7) is 4.49. The van der Waals surface area contributed by atoms with E-state index in [-0.39, 0.29) is 6.10 Å². The number of rotatable bonds is 3. The maximum atomic E-state index is 9.77. The van der Waals surface area contributed by atoms with E-state index in [9.17, 15) is 10.2 Å². The highest BCUT2D eigenvalue weighted by molar-refractivity contribution is 9.10. The zero-order valence-electron chi connectivity index (χ0n) is 9.93. The Balaban J connectivity index is 2.00. The molecule has 1 fully saturated rings. The first-order valence-corrected chi connectivity index (χ1v) is 6.73. The van der Waals surface area contributed by atoms with Crippen LogP contribution in [0, 0.1) is 5.92 Å². The van der Waals surface area contributed by atoms with Crippen molar-refractivity contribution in [1.82, 2.24) is 4.90 Å². The van der Waals surface area contributed by atoms with Gasteiger partial charge in [0, 0.05) is 23.1 Å². The smallest absolute Gasteiger partial charge is 0.120 e. The molecule has 1 aromatic carbocycles. The molecule has 1 aliphatic rings. The zero-order chi connectivity index (χ0) is 12.4. The molecule has 0 bridgehead atoms. The molecule has 2 rings (SSSR count). The first-order chi connectivity index (χ1) is 8.06. The van der Waals surface area contributed by atoms with Crippen LogP contribution in [0.15, 0.2) is 22.7 Å². The number of hydrogen-bond acceptors (Lipinski definition) is 3. The maximum Gasteiger partial charge on any atom is 0.120 e. The number of likely N-dealkylation sites (tertiary alicyclic amines) is 1. The Bertz CT molecular complexity index is 395. The molecule has 0 radical (unpaired) electrons. The average molecular weight is 300 g/mol. The molecule has 1 heterocycles. The Hall–Kier alpha value is -0.580. The molecule has 2 atom stereocenters. The van der Waals surface area contributed by atoms with Crippen LogP contribution < -0.4 is 0 Å². The quantitative estimate of drug-likeness (QED) is 0.900. The fourth-order valence-corrected chi connectivity index (χ4v) is 2.73. The van der Waals surface area contributed by atoms with Gasteiger partial charge in [0.2, 0.25) is 0 Å². The van der Waals surface area contributed by atoms with E-state index in [1.165, 1.54) is 0 Å². The molecule has 4 heteroatoms. The Kier molecular flexibility index (Phi) is 4.07. The third kappa shape index (κ3) is 3.21. The van der Waals surface area contributed by atoms with Crippen molar-refractivity contribution < 1.29 is 10.2 Å². The van der Waals surface area contributed by atoms with Crippen molar-refractivity contribution in [3.8, 4) is 5.75 Å². The van der Waals surface area contributed by atoms with Crippen LogP contribution >= 0.6 is 15.9 Å². The molecule has 0 saturated carbocycles. The highest BCUT2D eigenvalue weighted by Crippen LogP contribution is 2.26. The van der Waals surface area contributed by atoms with E-state index in [0.717, 1.165) is 36.1 Å². The van der Waals surface area contributed by atoms with Gasteiger partial charge in [-0.1, -0.05) is 15.9 Å². The van der Waals surface area contributed by atoms with Gasteiger partial charge in [0.25, 0.3) is 0 Å². The second-order valence-electron chi connectivity index (χ2n) is 4.80. The summed E-state index contributed by atoms with van der Waals surface area (Å²) in [4.78, 5) is 2.28. The van der Waals surface area contributed by atoms with Crippen molar-refractivity contribution in [2.45, 2.75) is 26.0 Å². The number of hydrogen-bond donors (Lipinski definition) is 2. The third-order valence-corrected chi connectivity index (χ3v) is 3.92. The van der Waals surface area contributed by atoms with E-state index in [0.29, 0.717) is 11.7 Å². The van der Waals surface area contributed by atoms with Crippen LogP contribution in [0.3, 0.4) is 0 Å². The number of aliphatic hydroxyl groups is 1. The fourth-order valence-electron chi connectivity index (χ4n) is 2.32. The molecule has 2 unspecified atom stereocenters. The van der Waals surface area contributed by atoms with Gasteiger partial charge < -0.3 is 10.2 Å². The van der Waals surface area contributed by atoms with E-state index in [1.807, 2.05) is 19.1 Å². The van der Waals surface area contributed by atoms with Gasteiger partial charge >= 0.3 is 0 Å². The van der Waals surface area contributed by atoms with Crippen molar-refractivity contribution in [3.05, 3.63) is 28.2 Å². The average Bonchev–Trinajstić information content (AvgIpc) is 2.72. The molecule has 1 aliphatic heterocycles. The summed E-state index contributed by atoms with van der Waals surface area (Å²) in [5.74, 6) is 0.706. The molecule has 1 saturated heterocycles. The van der Waals surface area contributed by atoms with Gasteiger partial charge in [0.15, 0.2) is 0 Å². The molecule has 0 spiro atoms. The molecular weight excluding hydrogens is 282 g/mol. The highest BCUT2D eigenvalue weighted by Gasteiger charge is 2.26. The van der Waals surface area contributed by atoms with Crippen LogP contribution in [-0.2, 0) is 6.54 Å². The number of nitrogens with zero attached hydrogens (tertiary/aromatic N) is 1. The number of benzene rings is 1. The van der Waals surface area contributed by atoms with Crippen LogP contribution in [-0.4, -0.2) is 34.3 Å². The van der Waals surface area contributed by atoms with Gasteiger partial charge in [-0.05, 0) is 44.0 Å². The van der Waals surface area contributed by atoms with E-state index >= 15 is 0 Å². The second kappa shape index (κ2) is 5.38. The summed E-state index contributed by atoms with van der Waals surface area (Å²) in [6, 6.07) is 5.49. The van der Waals surface area contributed by atoms with Crippen molar-refractivity contribution >= 4 is 15.9 Å². The largest absolute Gasteiger partial charge is 0.508 e. The van der Waals surface area contributed by atoms with Gasteiger partial charge in [-0.2, -0.15) is 0 Å². The Morgan fingerprint density at radius 2 is 2.29 bits per heavy atom. The molecule has 0 aliphatic carbocycles. The number of aliphatic hydroxyl groups excluding tert-OH is 1. The van der Waals surface area contributed by atoms with Gasteiger partial charge in [-0.15, -0.1) is 0 Å². The lowest BCUT2D eigenvalue weighted by Crippen LogP contribution is -2.24. The number of aromatic hydroxyl groups is 1. The Labute approximate surface area is 110 Å². The first kappa shape index (κ1) is 12.9. The molecule has 0 aromatic heterocycles. The first-order valence-electron chi connectivity index (χ1n) is 5.94. The van der Waals surface area contributed by atoms with Crippen LogP contribution in [0.2, 0.25) is 0 Å². The molecule has 1 aromatic rings.